The molecule has 24 heavy (non-hydrogen) atoms. The van der Waals surface area contributed by atoms with E-state index in [0.717, 1.165) is 38.8 Å². The summed E-state index contributed by atoms with van der Waals surface area (Å²) in [7, 11) is 0. The number of fused-ring (bicyclic) bond motifs is 1. The second-order valence-electron chi connectivity index (χ2n) is 7.00. The maximum Gasteiger partial charge on any atom is 0.223 e. The zero-order chi connectivity index (χ0) is 16.4. The fourth-order valence-corrected chi connectivity index (χ4v) is 4.21. The minimum absolute atomic E-state index is 0.267. The molecule has 1 aromatic heterocycles. The number of likely N-dealkylation sites (tertiary alicyclic amines) is 1. The Bertz CT molecular complexity index is 697. The van der Waals surface area contributed by atoms with Crippen LogP contribution in [0.2, 0.25) is 0 Å². The summed E-state index contributed by atoms with van der Waals surface area (Å²) in [4.78, 5) is 18.9. The van der Waals surface area contributed by atoms with E-state index in [1.807, 2.05) is 9.58 Å². The van der Waals surface area contributed by atoms with Crippen LogP contribution in [0.4, 0.5) is 0 Å². The molecule has 1 aromatic carbocycles. The minimum Gasteiger partial charge on any atom is -0.341 e. The zero-order valence-electron chi connectivity index (χ0n) is 14.0. The van der Waals surface area contributed by atoms with Crippen molar-refractivity contribution in [2.24, 2.45) is 0 Å². The average molecular weight is 324 g/mol. The van der Waals surface area contributed by atoms with Gasteiger partial charge in [-0.15, -0.1) is 0 Å². The fourth-order valence-electron chi connectivity index (χ4n) is 4.21. The highest BCUT2D eigenvalue weighted by molar-refractivity contribution is 5.77. The molecule has 2 atom stereocenters. The predicted molar refractivity (Wildman–Crippen MR) is 91.6 cm³/mol. The summed E-state index contributed by atoms with van der Waals surface area (Å²) in [5.74, 6) is 0.677. The van der Waals surface area contributed by atoms with Crippen LogP contribution in [0.15, 0.2) is 36.9 Å². The van der Waals surface area contributed by atoms with Gasteiger partial charge < -0.3 is 4.90 Å². The van der Waals surface area contributed by atoms with Crippen molar-refractivity contribution >= 4 is 5.91 Å². The fraction of sp³-hybridized carbons (Fsp3) is 0.526. The molecule has 5 nitrogen and oxygen atoms in total. The van der Waals surface area contributed by atoms with Crippen LogP contribution in [0.5, 0.6) is 0 Å². The Balaban J connectivity index is 1.43. The molecule has 1 aliphatic heterocycles. The monoisotopic (exact) mass is 324 g/mol. The van der Waals surface area contributed by atoms with E-state index < -0.39 is 0 Å². The van der Waals surface area contributed by atoms with Crippen molar-refractivity contribution in [2.75, 3.05) is 13.1 Å². The first-order valence-electron chi connectivity index (χ1n) is 9.01. The molecule has 0 spiro atoms. The lowest BCUT2D eigenvalue weighted by Gasteiger charge is -2.34. The van der Waals surface area contributed by atoms with E-state index >= 15 is 0 Å². The SMILES string of the molecule is O=C(CC1CCCc2ccccc21)N1CCCC(n2cncn2)C1. The van der Waals surface area contributed by atoms with Gasteiger partial charge in [-0.3, -0.25) is 4.79 Å². The van der Waals surface area contributed by atoms with E-state index in [0.29, 0.717) is 18.2 Å². The van der Waals surface area contributed by atoms with Gasteiger partial charge in [-0.05, 0) is 49.1 Å². The van der Waals surface area contributed by atoms with Crippen LogP contribution in [0.3, 0.4) is 0 Å². The van der Waals surface area contributed by atoms with Crippen LogP contribution in [0.1, 0.15) is 55.2 Å². The first-order chi connectivity index (χ1) is 11.8. The second kappa shape index (κ2) is 6.75. The van der Waals surface area contributed by atoms with E-state index in [9.17, 15) is 4.79 Å². The summed E-state index contributed by atoms with van der Waals surface area (Å²) < 4.78 is 1.90. The zero-order valence-corrected chi connectivity index (χ0v) is 14.0. The Morgan fingerprint density at radius 1 is 1.21 bits per heavy atom. The van der Waals surface area contributed by atoms with Crippen molar-refractivity contribution in [3.63, 3.8) is 0 Å². The number of rotatable bonds is 3. The lowest BCUT2D eigenvalue weighted by atomic mass is 9.81. The number of hydrogen-bond donors (Lipinski definition) is 0. The van der Waals surface area contributed by atoms with Gasteiger partial charge in [0.25, 0.3) is 0 Å². The van der Waals surface area contributed by atoms with Gasteiger partial charge in [0.05, 0.1) is 6.04 Å². The molecule has 1 saturated heterocycles. The number of nitrogens with zero attached hydrogens (tertiary/aromatic N) is 4. The van der Waals surface area contributed by atoms with Crippen molar-refractivity contribution in [2.45, 2.75) is 50.5 Å². The Hall–Kier alpha value is -2.17. The second-order valence-corrected chi connectivity index (χ2v) is 7.00. The van der Waals surface area contributed by atoms with Gasteiger partial charge in [-0.25, -0.2) is 9.67 Å². The number of benzene rings is 1. The van der Waals surface area contributed by atoms with E-state index in [4.69, 9.17) is 0 Å². The lowest BCUT2D eigenvalue weighted by Crippen LogP contribution is -2.41. The van der Waals surface area contributed by atoms with Gasteiger partial charge in [-0.1, -0.05) is 24.3 Å². The normalized spacial score (nSPS) is 23.8. The predicted octanol–water partition coefficient (Wildman–Crippen LogP) is 2.95. The largest absolute Gasteiger partial charge is 0.341 e. The average Bonchev–Trinajstić information content (AvgIpc) is 3.17. The molecule has 126 valence electrons. The number of carbonyl (C=O) groups excluding carboxylic acids is 1. The molecule has 0 bridgehead atoms. The van der Waals surface area contributed by atoms with E-state index in [2.05, 4.69) is 34.3 Å². The molecule has 0 radical (unpaired) electrons. The van der Waals surface area contributed by atoms with Crippen molar-refractivity contribution in [3.05, 3.63) is 48.0 Å². The first-order valence-corrected chi connectivity index (χ1v) is 9.01. The first kappa shape index (κ1) is 15.4. The molecule has 1 fully saturated rings. The van der Waals surface area contributed by atoms with Gasteiger partial charge in [0.2, 0.25) is 5.91 Å². The van der Waals surface area contributed by atoms with Crippen LogP contribution in [-0.2, 0) is 11.2 Å². The van der Waals surface area contributed by atoms with Crippen LogP contribution < -0.4 is 0 Å². The van der Waals surface area contributed by atoms with E-state index in [1.165, 1.54) is 17.5 Å². The van der Waals surface area contributed by atoms with Gasteiger partial charge in [0.1, 0.15) is 12.7 Å². The lowest BCUT2D eigenvalue weighted by molar-refractivity contribution is -0.133. The molecule has 2 heterocycles. The Kier molecular flexibility index (Phi) is 4.32. The van der Waals surface area contributed by atoms with Gasteiger partial charge in [-0.2, -0.15) is 5.10 Å². The van der Waals surface area contributed by atoms with Gasteiger partial charge in [0, 0.05) is 19.5 Å². The maximum absolute atomic E-state index is 12.9. The third-order valence-electron chi connectivity index (χ3n) is 5.47. The van der Waals surface area contributed by atoms with Crippen molar-refractivity contribution in [1.82, 2.24) is 19.7 Å². The Labute approximate surface area is 142 Å². The number of carbonyl (C=O) groups is 1. The molecule has 2 aliphatic rings. The summed E-state index contributed by atoms with van der Waals surface area (Å²) in [6.45, 7) is 1.63. The highest BCUT2D eigenvalue weighted by Gasteiger charge is 2.28. The number of hydrogen-bond acceptors (Lipinski definition) is 3. The Morgan fingerprint density at radius 2 is 2.12 bits per heavy atom. The summed E-state index contributed by atoms with van der Waals surface area (Å²) in [5.41, 5.74) is 2.82. The summed E-state index contributed by atoms with van der Waals surface area (Å²) in [5, 5.41) is 4.25. The summed E-state index contributed by atoms with van der Waals surface area (Å²) >= 11 is 0. The standard InChI is InChI=1S/C19H24N4O/c24-19(11-16-7-3-6-15-5-1-2-9-18(15)16)22-10-4-8-17(12-22)23-14-20-13-21-23/h1-2,5,9,13-14,16-17H,3-4,6-8,10-12H2. The van der Waals surface area contributed by atoms with E-state index in [-0.39, 0.29) is 6.04 Å². The molecule has 1 amide bonds. The third kappa shape index (κ3) is 3.07. The van der Waals surface area contributed by atoms with Crippen molar-refractivity contribution < 1.29 is 4.79 Å². The van der Waals surface area contributed by atoms with Gasteiger partial charge in [0.15, 0.2) is 0 Å². The topological polar surface area (TPSA) is 51.0 Å². The maximum atomic E-state index is 12.9. The Morgan fingerprint density at radius 3 is 3.00 bits per heavy atom. The summed E-state index contributed by atoms with van der Waals surface area (Å²) in [6.07, 6.45) is 9.55. The van der Waals surface area contributed by atoms with Crippen LogP contribution >= 0.6 is 0 Å². The van der Waals surface area contributed by atoms with Crippen molar-refractivity contribution in [3.8, 4) is 0 Å². The molecule has 4 rings (SSSR count). The van der Waals surface area contributed by atoms with E-state index in [1.54, 1.807) is 12.7 Å². The molecular weight excluding hydrogens is 300 g/mol. The highest BCUT2D eigenvalue weighted by atomic mass is 16.2. The molecule has 5 heteroatoms. The minimum atomic E-state index is 0.267. The van der Waals surface area contributed by atoms with Crippen molar-refractivity contribution in [1.29, 1.82) is 0 Å². The van der Waals surface area contributed by atoms with Crippen LogP contribution in [-0.4, -0.2) is 38.7 Å². The number of amides is 1. The molecule has 0 N–H and O–H groups in total. The molecule has 2 aromatic rings. The quantitative estimate of drug-likeness (QED) is 0.872. The molecule has 0 saturated carbocycles. The van der Waals surface area contributed by atoms with Gasteiger partial charge >= 0.3 is 0 Å². The smallest absolute Gasteiger partial charge is 0.223 e. The molecular formula is C19H24N4O. The number of piperidine rings is 1. The number of aromatic nitrogens is 3. The third-order valence-corrected chi connectivity index (χ3v) is 5.47. The molecule has 2 unspecified atom stereocenters. The molecule has 1 aliphatic carbocycles. The number of aryl methyl sites for hydroxylation is 1. The summed E-state index contributed by atoms with van der Waals surface area (Å²) in [6, 6.07) is 8.90. The van der Waals surface area contributed by atoms with Crippen LogP contribution in [0.25, 0.3) is 0 Å². The van der Waals surface area contributed by atoms with Crippen LogP contribution in [0, 0.1) is 0 Å². The highest BCUT2D eigenvalue weighted by Crippen LogP contribution is 2.34.